The van der Waals surface area contributed by atoms with Crippen LogP contribution >= 0.6 is 0 Å². The van der Waals surface area contributed by atoms with Gasteiger partial charge >= 0.3 is 0 Å². The summed E-state index contributed by atoms with van der Waals surface area (Å²) in [5.41, 5.74) is 5.95. The van der Waals surface area contributed by atoms with E-state index in [-0.39, 0.29) is 6.04 Å². The van der Waals surface area contributed by atoms with Gasteiger partial charge in [0.2, 0.25) is 0 Å². The SMILES string of the molecule is C[C@@H](N)c1ncc(C#N)cn1. The van der Waals surface area contributed by atoms with Crippen molar-refractivity contribution < 1.29 is 0 Å². The maximum atomic E-state index is 8.41. The third kappa shape index (κ3) is 1.72. The standard InChI is InChI=1S/C7H8N4/c1-5(9)7-10-3-6(2-8)4-11-7/h3-5H,9H2,1H3/t5-/m1/s1. The fourth-order valence-corrected chi connectivity index (χ4v) is 0.631. The van der Waals surface area contributed by atoms with E-state index in [9.17, 15) is 0 Å². The van der Waals surface area contributed by atoms with Crippen molar-refractivity contribution in [2.24, 2.45) is 5.73 Å². The number of hydrogen-bond donors (Lipinski definition) is 1. The molecule has 1 rings (SSSR count). The van der Waals surface area contributed by atoms with Gasteiger partial charge in [-0.3, -0.25) is 0 Å². The molecule has 0 aliphatic rings. The van der Waals surface area contributed by atoms with Crippen LogP contribution in [0.5, 0.6) is 0 Å². The molecule has 2 N–H and O–H groups in total. The van der Waals surface area contributed by atoms with E-state index < -0.39 is 0 Å². The Bertz CT molecular complexity index is 269. The van der Waals surface area contributed by atoms with Gasteiger partial charge in [0.05, 0.1) is 11.6 Å². The summed E-state index contributed by atoms with van der Waals surface area (Å²) in [5, 5.41) is 8.41. The largest absolute Gasteiger partial charge is 0.322 e. The molecule has 4 heteroatoms. The lowest BCUT2D eigenvalue weighted by Gasteiger charge is -2.00. The van der Waals surface area contributed by atoms with E-state index in [0.717, 1.165) is 0 Å². The second kappa shape index (κ2) is 3.08. The molecule has 0 aromatic carbocycles. The molecule has 0 bridgehead atoms. The van der Waals surface area contributed by atoms with Crippen LogP contribution in [0.15, 0.2) is 12.4 Å². The normalized spacial score (nSPS) is 12.1. The minimum Gasteiger partial charge on any atom is -0.322 e. The third-order valence-electron chi connectivity index (χ3n) is 1.21. The fourth-order valence-electron chi connectivity index (χ4n) is 0.631. The zero-order valence-electron chi connectivity index (χ0n) is 6.15. The van der Waals surface area contributed by atoms with Gasteiger partial charge in [0, 0.05) is 12.4 Å². The molecule has 0 unspecified atom stereocenters. The van der Waals surface area contributed by atoms with Crippen molar-refractivity contribution in [3.8, 4) is 6.07 Å². The average Bonchev–Trinajstić information content (AvgIpc) is 2.05. The lowest BCUT2D eigenvalue weighted by atomic mass is 10.3. The van der Waals surface area contributed by atoms with Crippen LogP contribution in [0.2, 0.25) is 0 Å². The van der Waals surface area contributed by atoms with Crippen molar-refractivity contribution in [2.45, 2.75) is 13.0 Å². The first-order valence-corrected chi connectivity index (χ1v) is 3.21. The molecule has 0 amide bonds. The van der Waals surface area contributed by atoms with Crippen molar-refractivity contribution in [1.29, 1.82) is 5.26 Å². The summed E-state index contributed by atoms with van der Waals surface area (Å²) >= 11 is 0. The van der Waals surface area contributed by atoms with Crippen LogP contribution < -0.4 is 5.73 Å². The average molecular weight is 148 g/mol. The molecule has 1 heterocycles. The summed E-state index contributed by atoms with van der Waals surface area (Å²) in [6.45, 7) is 1.79. The van der Waals surface area contributed by atoms with Crippen LogP contribution in [0, 0.1) is 11.3 Å². The molecule has 0 radical (unpaired) electrons. The predicted molar refractivity (Wildman–Crippen MR) is 39.3 cm³/mol. The summed E-state index contributed by atoms with van der Waals surface area (Å²) < 4.78 is 0. The zero-order valence-corrected chi connectivity index (χ0v) is 6.15. The van der Waals surface area contributed by atoms with Gasteiger partial charge in [0.1, 0.15) is 11.9 Å². The number of aromatic nitrogens is 2. The van der Waals surface area contributed by atoms with Crippen molar-refractivity contribution >= 4 is 0 Å². The smallest absolute Gasteiger partial charge is 0.144 e. The number of nitriles is 1. The summed E-state index contributed by atoms with van der Waals surface area (Å²) in [6, 6.07) is 1.75. The molecular weight excluding hydrogens is 140 g/mol. The minimum atomic E-state index is -0.178. The summed E-state index contributed by atoms with van der Waals surface area (Å²) in [5.74, 6) is 0.559. The monoisotopic (exact) mass is 148 g/mol. The van der Waals surface area contributed by atoms with E-state index in [1.807, 2.05) is 6.07 Å². The topological polar surface area (TPSA) is 75.6 Å². The molecule has 0 fully saturated rings. The van der Waals surface area contributed by atoms with E-state index in [0.29, 0.717) is 11.4 Å². The van der Waals surface area contributed by atoms with Gasteiger partial charge < -0.3 is 5.73 Å². The van der Waals surface area contributed by atoms with Crippen LogP contribution in [-0.4, -0.2) is 9.97 Å². The van der Waals surface area contributed by atoms with Gasteiger partial charge in [-0.1, -0.05) is 0 Å². The Hall–Kier alpha value is -1.47. The lowest BCUT2D eigenvalue weighted by molar-refractivity contribution is 0.738. The van der Waals surface area contributed by atoms with Gasteiger partial charge in [-0.05, 0) is 6.92 Å². The molecule has 1 aromatic rings. The second-order valence-electron chi connectivity index (χ2n) is 2.23. The molecule has 0 aliphatic heterocycles. The molecule has 0 spiro atoms. The predicted octanol–water partition coefficient (Wildman–Crippen LogP) is 0.368. The van der Waals surface area contributed by atoms with Crippen LogP contribution in [0.25, 0.3) is 0 Å². The Morgan fingerprint density at radius 1 is 1.55 bits per heavy atom. The number of hydrogen-bond acceptors (Lipinski definition) is 4. The second-order valence-corrected chi connectivity index (χ2v) is 2.23. The van der Waals surface area contributed by atoms with Crippen LogP contribution in [-0.2, 0) is 0 Å². The highest BCUT2D eigenvalue weighted by molar-refractivity contribution is 5.21. The van der Waals surface area contributed by atoms with Crippen LogP contribution in [0.1, 0.15) is 24.4 Å². The van der Waals surface area contributed by atoms with E-state index >= 15 is 0 Å². The van der Waals surface area contributed by atoms with E-state index in [4.69, 9.17) is 11.0 Å². The molecule has 56 valence electrons. The Morgan fingerprint density at radius 3 is 2.45 bits per heavy atom. The maximum Gasteiger partial charge on any atom is 0.144 e. The quantitative estimate of drug-likeness (QED) is 0.624. The van der Waals surface area contributed by atoms with Crippen molar-refractivity contribution in [2.75, 3.05) is 0 Å². The van der Waals surface area contributed by atoms with Crippen molar-refractivity contribution in [3.63, 3.8) is 0 Å². The zero-order chi connectivity index (χ0) is 8.27. The van der Waals surface area contributed by atoms with Crippen molar-refractivity contribution in [3.05, 3.63) is 23.8 Å². The Labute approximate surface area is 64.7 Å². The number of nitrogens with two attached hydrogens (primary N) is 1. The molecule has 1 atom stereocenters. The number of rotatable bonds is 1. The highest BCUT2D eigenvalue weighted by Gasteiger charge is 2.00. The Balaban J connectivity index is 2.94. The molecule has 11 heavy (non-hydrogen) atoms. The minimum absolute atomic E-state index is 0.178. The van der Waals surface area contributed by atoms with E-state index in [1.54, 1.807) is 6.92 Å². The van der Waals surface area contributed by atoms with E-state index in [2.05, 4.69) is 9.97 Å². The first kappa shape index (κ1) is 7.63. The third-order valence-corrected chi connectivity index (χ3v) is 1.21. The highest BCUT2D eigenvalue weighted by atomic mass is 14.9. The van der Waals surface area contributed by atoms with Crippen LogP contribution in [0.4, 0.5) is 0 Å². The summed E-state index contributed by atoms with van der Waals surface area (Å²) in [7, 11) is 0. The lowest BCUT2D eigenvalue weighted by Crippen LogP contribution is -2.09. The van der Waals surface area contributed by atoms with Gasteiger partial charge in [-0.2, -0.15) is 5.26 Å². The number of nitrogens with zero attached hydrogens (tertiary/aromatic N) is 3. The first-order chi connectivity index (χ1) is 5.24. The molecule has 1 aromatic heterocycles. The molecule has 4 nitrogen and oxygen atoms in total. The van der Waals surface area contributed by atoms with Crippen molar-refractivity contribution in [1.82, 2.24) is 9.97 Å². The van der Waals surface area contributed by atoms with Gasteiger partial charge in [-0.25, -0.2) is 9.97 Å². The first-order valence-electron chi connectivity index (χ1n) is 3.21. The van der Waals surface area contributed by atoms with Crippen LogP contribution in [0.3, 0.4) is 0 Å². The Kier molecular flexibility index (Phi) is 2.14. The highest BCUT2D eigenvalue weighted by Crippen LogP contribution is 2.01. The Morgan fingerprint density at radius 2 is 2.09 bits per heavy atom. The van der Waals surface area contributed by atoms with Gasteiger partial charge in [0.25, 0.3) is 0 Å². The molecule has 0 saturated carbocycles. The molecule has 0 saturated heterocycles. The fraction of sp³-hybridized carbons (Fsp3) is 0.286. The van der Waals surface area contributed by atoms with Gasteiger partial charge in [-0.15, -0.1) is 0 Å². The summed E-state index contributed by atoms with van der Waals surface area (Å²) in [6.07, 6.45) is 2.93. The molecule has 0 aliphatic carbocycles. The van der Waals surface area contributed by atoms with Gasteiger partial charge in [0.15, 0.2) is 0 Å². The maximum absolute atomic E-state index is 8.41. The van der Waals surface area contributed by atoms with E-state index in [1.165, 1.54) is 12.4 Å². The summed E-state index contributed by atoms with van der Waals surface area (Å²) in [4.78, 5) is 7.78. The molecular formula is C7H8N4.